The Balaban J connectivity index is 2.28. The van der Waals surface area contributed by atoms with E-state index in [9.17, 15) is 4.79 Å². The number of aromatic nitrogens is 2. The smallest absolute Gasteiger partial charge is 0.338 e. The number of nitrogen functional groups attached to an aromatic ring is 1. The van der Waals surface area contributed by atoms with Gasteiger partial charge in [0, 0.05) is 0 Å². The molecule has 2 aromatic rings. The Hall–Kier alpha value is -2.30. The first kappa shape index (κ1) is 14.1. The predicted molar refractivity (Wildman–Crippen MR) is 78.0 cm³/mol. The largest absolute Gasteiger partial charge is 0.459 e. The van der Waals surface area contributed by atoms with Gasteiger partial charge in [-0.1, -0.05) is 0 Å². The lowest BCUT2D eigenvalue weighted by atomic mass is 10.2. The quantitative estimate of drug-likeness (QED) is 0.873. The van der Waals surface area contributed by atoms with Gasteiger partial charge in [0.25, 0.3) is 0 Å². The summed E-state index contributed by atoms with van der Waals surface area (Å²) in [5.41, 5.74) is 9.68. The first-order chi connectivity index (χ1) is 9.40. The molecule has 0 saturated carbocycles. The van der Waals surface area contributed by atoms with Crippen LogP contribution < -0.4 is 5.73 Å². The van der Waals surface area contributed by atoms with Crippen molar-refractivity contribution in [3.8, 4) is 5.69 Å². The van der Waals surface area contributed by atoms with E-state index in [1.807, 2.05) is 39.8 Å². The normalized spacial score (nSPS) is 10.8. The van der Waals surface area contributed by atoms with Gasteiger partial charge in [0.15, 0.2) is 0 Å². The lowest BCUT2D eigenvalue weighted by Gasteiger charge is -2.09. The molecule has 0 spiro atoms. The molecular formula is C15H19N3O2. The lowest BCUT2D eigenvalue weighted by Crippen LogP contribution is -2.11. The van der Waals surface area contributed by atoms with Crippen LogP contribution in [0.2, 0.25) is 0 Å². The summed E-state index contributed by atoms with van der Waals surface area (Å²) < 4.78 is 6.91. The molecular weight excluding hydrogens is 254 g/mol. The highest BCUT2D eigenvalue weighted by Gasteiger charge is 2.12. The van der Waals surface area contributed by atoms with Crippen LogP contribution in [-0.2, 0) is 4.74 Å². The van der Waals surface area contributed by atoms with E-state index in [4.69, 9.17) is 10.5 Å². The standard InChI is InChI=1S/C15H19N3O2/c1-9(2)20-15(19)12-5-7-13(8-6-12)18-11(4)14(16)10(3)17-18/h5-9H,16H2,1-4H3. The molecule has 0 aliphatic carbocycles. The van der Waals surface area contributed by atoms with Gasteiger partial charge in [-0.05, 0) is 52.0 Å². The molecule has 0 amide bonds. The molecule has 0 bridgehead atoms. The molecule has 20 heavy (non-hydrogen) atoms. The van der Waals surface area contributed by atoms with Gasteiger partial charge in [-0.3, -0.25) is 0 Å². The number of anilines is 1. The lowest BCUT2D eigenvalue weighted by molar-refractivity contribution is 0.0378. The van der Waals surface area contributed by atoms with Crippen molar-refractivity contribution >= 4 is 11.7 Å². The third-order valence-corrected chi connectivity index (χ3v) is 3.04. The van der Waals surface area contributed by atoms with E-state index < -0.39 is 0 Å². The third-order valence-electron chi connectivity index (χ3n) is 3.04. The minimum atomic E-state index is -0.320. The molecule has 106 valence electrons. The highest BCUT2D eigenvalue weighted by atomic mass is 16.5. The van der Waals surface area contributed by atoms with Crippen LogP contribution in [0.4, 0.5) is 5.69 Å². The van der Waals surface area contributed by atoms with Crippen molar-refractivity contribution in [1.29, 1.82) is 0 Å². The number of hydrogen-bond donors (Lipinski definition) is 1. The molecule has 1 aromatic carbocycles. The van der Waals surface area contributed by atoms with Crippen molar-refractivity contribution in [1.82, 2.24) is 9.78 Å². The van der Waals surface area contributed by atoms with Gasteiger partial charge >= 0.3 is 5.97 Å². The first-order valence-electron chi connectivity index (χ1n) is 6.53. The fourth-order valence-electron chi connectivity index (χ4n) is 1.93. The summed E-state index contributed by atoms with van der Waals surface area (Å²) in [6.07, 6.45) is -0.127. The third kappa shape index (κ3) is 2.66. The van der Waals surface area contributed by atoms with Gasteiger partial charge in [-0.25, -0.2) is 9.48 Å². The van der Waals surface area contributed by atoms with E-state index in [-0.39, 0.29) is 12.1 Å². The molecule has 0 saturated heterocycles. The zero-order valence-corrected chi connectivity index (χ0v) is 12.2. The zero-order chi connectivity index (χ0) is 14.9. The number of benzene rings is 1. The van der Waals surface area contributed by atoms with Crippen LogP contribution in [0.3, 0.4) is 0 Å². The van der Waals surface area contributed by atoms with Crippen molar-refractivity contribution in [3.63, 3.8) is 0 Å². The van der Waals surface area contributed by atoms with E-state index in [0.29, 0.717) is 11.3 Å². The number of ether oxygens (including phenoxy) is 1. The van der Waals surface area contributed by atoms with Crippen molar-refractivity contribution < 1.29 is 9.53 Å². The molecule has 0 aliphatic heterocycles. The average Bonchev–Trinajstić information content (AvgIpc) is 2.66. The Morgan fingerprint density at radius 2 is 1.85 bits per heavy atom. The van der Waals surface area contributed by atoms with E-state index in [1.54, 1.807) is 16.8 Å². The van der Waals surface area contributed by atoms with Gasteiger partial charge in [0.2, 0.25) is 0 Å². The summed E-state index contributed by atoms with van der Waals surface area (Å²) in [6, 6.07) is 7.12. The van der Waals surface area contributed by atoms with Crippen LogP contribution in [0.1, 0.15) is 35.6 Å². The SMILES string of the molecule is Cc1nn(-c2ccc(C(=O)OC(C)C)cc2)c(C)c1N. The van der Waals surface area contributed by atoms with Gasteiger partial charge in [0.1, 0.15) is 0 Å². The Bertz CT molecular complexity index is 627. The fraction of sp³-hybridized carbons (Fsp3) is 0.333. The molecule has 5 nitrogen and oxygen atoms in total. The Kier molecular flexibility index (Phi) is 3.79. The summed E-state index contributed by atoms with van der Waals surface area (Å²) in [7, 11) is 0. The summed E-state index contributed by atoms with van der Waals surface area (Å²) >= 11 is 0. The van der Waals surface area contributed by atoms with Gasteiger partial charge in [-0.2, -0.15) is 5.10 Å². The van der Waals surface area contributed by atoms with Crippen LogP contribution in [-0.4, -0.2) is 21.9 Å². The molecule has 0 fully saturated rings. The number of nitrogens with zero attached hydrogens (tertiary/aromatic N) is 2. The molecule has 0 unspecified atom stereocenters. The van der Waals surface area contributed by atoms with Crippen molar-refractivity contribution in [2.24, 2.45) is 0 Å². The molecule has 2 rings (SSSR count). The molecule has 2 N–H and O–H groups in total. The summed E-state index contributed by atoms with van der Waals surface area (Å²) in [5.74, 6) is -0.320. The number of carbonyl (C=O) groups excluding carboxylic acids is 1. The maximum Gasteiger partial charge on any atom is 0.338 e. The summed E-state index contributed by atoms with van der Waals surface area (Å²) in [4.78, 5) is 11.8. The predicted octanol–water partition coefficient (Wildman–Crippen LogP) is 2.64. The van der Waals surface area contributed by atoms with E-state index >= 15 is 0 Å². The van der Waals surface area contributed by atoms with Crippen molar-refractivity contribution in [3.05, 3.63) is 41.2 Å². The Morgan fingerprint density at radius 3 is 2.30 bits per heavy atom. The number of hydrogen-bond acceptors (Lipinski definition) is 4. The highest BCUT2D eigenvalue weighted by Crippen LogP contribution is 2.20. The highest BCUT2D eigenvalue weighted by molar-refractivity contribution is 5.89. The van der Waals surface area contributed by atoms with Crippen LogP contribution in [0.15, 0.2) is 24.3 Å². The molecule has 0 atom stereocenters. The first-order valence-corrected chi connectivity index (χ1v) is 6.53. The maximum absolute atomic E-state index is 11.8. The summed E-state index contributed by atoms with van der Waals surface area (Å²) in [6.45, 7) is 7.43. The molecule has 1 aromatic heterocycles. The zero-order valence-electron chi connectivity index (χ0n) is 12.2. The van der Waals surface area contributed by atoms with E-state index in [2.05, 4.69) is 5.10 Å². The van der Waals surface area contributed by atoms with E-state index in [0.717, 1.165) is 17.1 Å². The number of rotatable bonds is 3. The van der Waals surface area contributed by atoms with Crippen molar-refractivity contribution in [2.75, 3.05) is 5.73 Å². The minimum absolute atomic E-state index is 0.127. The number of carbonyl (C=O) groups is 1. The van der Waals surface area contributed by atoms with Crippen LogP contribution in [0.25, 0.3) is 5.69 Å². The average molecular weight is 273 g/mol. The van der Waals surface area contributed by atoms with Crippen LogP contribution in [0, 0.1) is 13.8 Å². The van der Waals surface area contributed by atoms with Crippen molar-refractivity contribution in [2.45, 2.75) is 33.8 Å². The summed E-state index contributed by atoms with van der Waals surface area (Å²) in [5, 5.41) is 4.38. The molecule has 0 aliphatic rings. The van der Waals surface area contributed by atoms with Gasteiger partial charge < -0.3 is 10.5 Å². The second-order valence-electron chi connectivity index (χ2n) is 5.00. The van der Waals surface area contributed by atoms with E-state index in [1.165, 1.54) is 0 Å². The maximum atomic E-state index is 11.8. The second-order valence-corrected chi connectivity index (χ2v) is 5.00. The van der Waals surface area contributed by atoms with Crippen LogP contribution in [0.5, 0.6) is 0 Å². The fourth-order valence-corrected chi connectivity index (χ4v) is 1.93. The molecule has 1 heterocycles. The monoisotopic (exact) mass is 273 g/mol. The number of nitrogens with two attached hydrogens (primary N) is 1. The second kappa shape index (κ2) is 5.36. The molecule has 0 radical (unpaired) electrons. The Morgan fingerprint density at radius 1 is 1.25 bits per heavy atom. The van der Waals surface area contributed by atoms with Gasteiger partial charge in [-0.15, -0.1) is 0 Å². The number of aryl methyl sites for hydroxylation is 1. The topological polar surface area (TPSA) is 70.1 Å². The minimum Gasteiger partial charge on any atom is -0.459 e. The molecule has 5 heteroatoms. The number of esters is 1. The van der Waals surface area contributed by atoms with Gasteiger partial charge in [0.05, 0.1) is 34.4 Å². The Labute approximate surface area is 118 Å². The van der Waals surface area contributed by atoms with Crippen LogP contribution >= 0.6 is 0 Å².